The van der Waals surface area contributed by atoms with Crippen LogP contribution in [0, 0.1) is 19.3 Å². The van der Waals surface area contributed by atoms with Crippen molar-refractivity contribution in [2.24, 2.45) is 0 Å². The number of likely N-dealkylation sites (tertiary alicyclic amines) is 1. The molecule has 0 aromatic heterocycles. The van der Waals surface area contributed by atoms with Crippen molar-refractivity contribution in [3.05, 3.63) is 65.2 Å². The fourth-order valence-electron chi connectivity index (χ4n) is 3.37. The quantitative estimate of drug-likeness (QED) is 0.849. The molecule has 25 heavy (non-hydrogen) atoms. The second-order valence-electron chi connectivity index (χ2n) is 6.77. The number of para-hydroxylation sites is 1. The molecular formula is C22H25NO2. The smallest absolute Gasteiger partial charge is 0.148 e. The molecule has 0 radical (unpaired) electrons. The van der Waals surface area contributed by atoms with Gasteiger partial charge in [0.2, 0.25) is 0 Å². The average Bonchev–Trinajstić information content (AvgIpc) is 2.63. The third kappa shape index (κ3) is 4.22. The van der Waals surface area contributed by atoms with E-state index in [2.05, 4.69) is 35.9 Å². The predicted molar refractivity (Wildman–Crippen MR) is 100 cm³/mol. The second-order valence-corrected chi connectivity index (χ2v) is 6.77. The highest BCUT2D eigenvalue weighted by molar-refractivity contribution is 5.34. The van der Waals surface area contributed by atoms with Gasteiger partial charge in [0.25, 0.3) is 0 Å². The maximum Gasteiger partial charge on any atom is 0.148 e. The number of aryl methyl sites for hydroxylation is 1. The largest absolute Gasteiger partial charge is 0.481 e. The number of aliphatic hydroxyl groups is 1. The summed E-state index contributed by atoms with van der Waals surface area (Å²) in [6.07, 6.45) is 6.77. The van der Waals surface area contributed by atoms with E-state index >= 15 is 0 Å². The standard InChI is InChI=1S/C22H25NO2/c1-3-16-25-21-7-5-4-6-19(21)17-23-14-12-22(24,13-15-23)20-10-8-18(2)9-11-20/h1,4-11,24H,12-17H2,2H3. The highest BCUT2D eigenvalue weighted by Crippen LogP contribution is 2.34. The Labute approximate surface area is 150 Å². The normalized spacial score (nSPS) is 17.0. The lowest BCUT2D eigenvalue weighted by Gasteiger charge is -2.38. The first-order valence-corrected chi connectivity index (χ1v) is 8.77. The summed E-state index contributed by atoms with van der Waals surface area (Å²) in [6.45, 7) is 4.87. The first-order valence-electron chi connectivity index (χ1n) is 8.77. The van der Waals surface area contributed by atoms with Crippen molar-refractivity contribution in [1.29, 1.82) is 0 Å². The van der Waals surface area contributed by atoms with E-state index in [0.29, 0.717) is 0 Å². The Morgan fingerprint density at radius 3 is 2.48 bits per heavy atom. The molecule has 3 nitrogen and oxygen atoms in total. The van der Waals surface area contributed by atoms with Crippen LogP contribution in [0.1, 0.15) is 29.5 Å². The van der Waals surface area contributed by atoms with Crippen LogP contribution in [0.5, 0.6) is 5.75 Å². The molecule has 2 aromatic rings. The summed E-state index contributed by atoms with van der Waals surface area (Å²) in [6, 6.07) is 16.2. The molecule has 3 rings (SSSR count). The van der Waals surface area contributed by atoms with Crippen molar-refractivity contribution < 1.29 is 9.84 Å². The van der Waals surface area contributed by atoms with E-state index in [1.165, 1.54) is 5.56 Å². The van der Waals surface area contributed by atoms with Gasteiger partial charge in [-0.3, -0.25) is 4.90 Å². The van der Waals surface area contributed by atoms with Gasteiger partial charge in [-0.15, -0.1) is 6.42 Å². The molecule has 1 saturated heterocycles. The molecule has 0 atom stereocenters. The van der Waals surface area contributed by atoms with Gasteiger partial charge in [-0.1, -0.05) is 53.9 Å². The molecule has 1 fully saturated rings. The zero-order valence-electron chi connectivity index (χ0n) is 14.7. The molecule has 0 spiro atoms. The molecule has 1 N–H and O–H groups in total. The van der Waals surface area contributed by atoms with E-state index in [4.69, 9.17) is 11.2 Å². The van der Waals surface area contributed by atoms with Crippen molar-refractivity contribution in [3.63, 3.8) is 0 Å². The monoisotopic (exact) mass is 335 g/mol. The number of terminal acetylenes is 1. The highest BCUT2D eigenvalue weighted by atomic mass is 16.5. The lowest BCUT2D eigenvalue weighted by Crippen LogP contribution is -2.42. The molecule has 0 amide bonds. The van der Waals surface area contributed by atoms with E-state index < -0.39 is 5.60 Å². The number of benzene rings is 2. The molecule has 1 aliphatic rings. The van der Waals surface area contributed by atoms with Crippen LogP contribution in [-0.4, -0.2) is 29.7 Å². The fourth-order valence-corrected chi connectivity index (χ4v) is 3.37. The Kier molecular flexibility index (Phi) is 5.43. The third-order valence-corrected chi connectivity index (χ3v) is 4.95. The first kappa shape index (κ1) is 17.5. The minimum atomic E-state index is -0.719. The van der Waals surface area contributed by atoms with Gasteiger partial charge in [-0.05, 0) is 31.4 Å². The van der Waals surface area contributed by atoms with Gasteiger partial charge in [0.15, 0.2) is 0 Å². The van der Waals surface area contributed by atoms with Gasteiger partial charge < -0.3 is 9.84 Å². The summed E-state index contributed by atoms with van der Waals surface area (Å²) in [7, 11) is 0. The van der Waals surface area contributed by atoms with Crippen molar-refractivity contribution in [2.45, 2.75) is 31.9 Å². The van der Waals surface area contributed by atoms with E-state index in [-0.39, 0.29) is 6.61 Å². The molecule has 0 bridgehead atoms. The minimum Gasteiger partial charge on any atom is -0.481 e. The van der Waals surface area contributed by atoms with Gasteiger partial charge in [0, 0.05) is 25.2 Å². The van der Waals surface area contributed by atoms with Gasteiger partial charge in [0.05, 0.1) is 5.60 Å². The number of nitrogens with zero attached hydrogens (tertiary/aromatic N) is 1. The predicted octanol–water partition coefficient (Wildman–Crippen LogP) is 3.49. The van der Waals surface area contributed by atoms with Crippen molar-refractivity contribution in [2.75, 3.05) is 19.7 Å². The zero-order chi connectivity index (χ0) is 17.7. The van der Waals surface area contributed by atoms with Crippen LogP contribution in [0.3, 0.4) is 0 Å². The maximum absolute atomic E-state index is 11.0. The molecule has 0 unspecified atom stereocenters. The molecule has 2 aromatic carbocycles. The zero-order valence-corrected chi connectivity index (χ0v) is 14.7. The lowest BCUT2D eigenvalue weighted by atomic mass is 9.84. The lowest BCUT2D eigenvalue weighted by molar-refractivity contribution is -0.0278. The van der Waals surface area contributed by atoms with Gasteiger partial charge in [-0.25, -0.2) is 0 Å². The van der Waals surface area contributed by atoms with Gasteiger partial charge in [0.1, 0.15) is 12.4 Å². The van der Waals surface area contributed by atoms with E-state index in [9.17, 15) is 5.11 Å². The second kappa shape index (κ2) is 7.74. The number of piperidine rings is 1. The fraction of sp³-hybridized carbons (Fsp3) is 0.364. The molecular weight excluding hydrogens is 310 g/mol. The Bertz CT molecular complexity index is 737. The summed E-state index contributed by atoms with van der Waals surface area (Å²) in [5, 5.41) is 11.0. The van der Waals surface area contributed by atoms with Crippen LogP contribution in [0.25, 0.3) is 0 Å². The van der Waals surface area contributed by atoms with Gasteiger partial charge >= 0.3 is 0 Å². The summed E-state index contributed by atoms with van der Waals surface area (Å²) >= 11 is 0. The Hall–Kier alpha value is -2.28. The van der Waals surface area contributed by atoms with Crippen molar-refractivity contribution in [1.82, 2.24) is 4.90 Å². The van der Waals surface area contributed by atoms with Gasteiger partial charge in [-0.2, -0.15) is 0 Å². The summed E-state index contributed by atoms with van der Waals surface area (Å²) in [5.41, 5.74) is 2.66. The summed E-state index contributed by atoms with van der Waals surface area (Å²) in [5.74, 6) is 3.36. The Balaban J connectivity index is 1.63. The van der Waals surface area contributed by atoms with Crippen LogP contribution in [0.15, 0.2) is 48.5 Å². The van der Waals surface area contributed by atoms with Crippen molar-refractivity contribution in [3.8, 4) is 18.1 Å². The van der Waals surface area contributed by atoms with Crippen molar-refractivity contribution >= 4 is 0 Å². The molecule has 0 saturated carbocycles. The molecule has 3 heteroatoms. The van der Waals surface area contributed by atoms with Crippen LogP contribution in [-0.2, 0) is 12.1 Å². The number of rotatable bonds is 5. The highest BCUT2D eigenvalue weighted by Gasteiger charge is 2.33. The van der Waals surface area contributed by atoms with E-state index in [1.807, 2.05) is 30.3 Å². The van der Waals surface area contributed by atoms with E-state index in [1.54, 1.807) is 0 Å². The first-order chi connectivity index (χ1) is 12.1. The van der Waals surface area contributed by atoms with Crippen LogP contribution in [0.2, 0.25) is 0 Å². The van der Waals surface area contributed by atoms with Crippen LogP contribution >= 0.6 is 0 Å². The third-order valence-electron chi connectivity index (χ3n) is 4.95. The number of hydrogen-bond donors (Lipinski definition) is 1. The SMILES string of the molecule is C#CCOc1ccccc1CN1CCC(O)(c2ccc(C)cc2)CC1. The molecule has 0 aliphatic carbocycles. The average molecular weight is 335 g/mol. The number of hydrogen-bond acceptors (Lipinski definition) is 3. The summed E-state index contributed by atoms with van der Waals surface area (Å²) < 4.78 is 5.64. The maximum atomic E-state index is 11.0. The van der Waals surface area contributed by atoms with Crippen LogP contribution in [0.4, 0.5) is 0 Å². The molecule has 1 aliphatic heterocycles. The Morgan fingerprint density at radius 1 is 1.12 bits per heavy atom. The molecule has 130 valence electrons. The topological polar surface area (TPSA) is 32.7 Å². The molecule has 1 heterocycles. The Morgan fingerprint density at radius 2 is 1.80 bits per heavy atom. The van der Waals surface area contributed by atoms with E-state index in [0.717, 1.165) is 49.4 Å². The summed E-state index contributed by atoms with van der Waals surface area (Å²) in [4.78, 5) is 2.36. The number of ether oxygens (including phenoxy) is 1. The minimum absolute atomic E-state index is 0.282. The van der Waals surface area contributed by atoms with Crippen LogP contribution < -0.4 is 4.74 Å².